The van der Waals surface area contributed by atoms with Gasteiger partial charge >= 0.3 is 5.97 Å². The van der Waals surface area contributed by atoms with Gasteiger partial charge in [0.05, 0.1) is 18.6 Å². The first-order chi connectivity index (χ1) is 8.79. The smallest absolute Gasteiger partial charge is 0.311 e. The number of nitrogens with zero attached hydrogens (tertiary/aromatic N) is 1. The summed E-state index contributed by atoms with van der Waals surface area (Å²) in [5, 5.41) is 0. The lowest BCUT2D eigenvalue weighted by atomic mass is 10.0. The number of methoxy groups -OCH3 is 1. The van der Waals surface area contributed by atoms with E-state index in [0.29, 0.717) is 0 Å². The minimum atomic E-state index is -0.252. The fourth-order valence-electron chi connectivity index (χ4n) is 2.75. The number of ether oxygens (including phenoxy) is 1. The van der Waals surface area contributed by atoms with Crippen molar-refractivity contribution in [3.8, 4) is 0 Å². The lowest BCUT2D eigenvalue weighted by molar-refractivity contribution is -0.142. The molecule has 0 aliphatic heterocycles. The van der Waals surface area contributed by atoms with Crippen LogP contribution in [0.1, 0.15) is 12.0 Å². The Hall–Kier alpha value is -2.03. The number of rotatable bonds is 3. The molecule has 18 heavy (non-hydrogen) atoms. The van der Waals surface area contributed by atoms with Gasteiger partial charge in [-0.2, -0.15) is 0 Å². The molecule has 2 unspecified atom stereocenters. The molecule has 0 spiro atoms. The number of hydrogen-bond acceptors (Lipinski definition) is 2. The average molecular weight is 241 g/mol. The van der Waals surface area contributed by atoms with Gasteiger partial charge in [-0.1, -0.05) is 30.3 Å². The van der Waals surface area contributed by atoms with Crippen LogP contribution in [0.2, 0.25) is 0 Å². The van der Waals surface area contributed by atoms with Crippen molar-refractivity contribution < 1.29 is 9.53 Å². The molecule has 1 aromatic heterocycles. The highest BCUT2D eigenvalue weighted by Crippen LogP contribution is 2.55. The van der Waals surface area contributed by atoms with E-state index >= 15 is 0 Å². The van der Waals surface area contributed by atoms with Crippen LogP contribution in [-0.2, 0) is 15.1 Å². The zero-order valence-corrected chi connectivity index (χ0v) is 10.2. The molecule has 3 rings (SSSR count). The number of aromatic nitrogens is 1. The lowest BCUT2D eigenvalue weighted by Crippen LogP contribution is -2.23. The molecular weight excluding hydrogens is 226 g/mol. The Kier molecular flexibility index (Phi) is 2.47. The van der Waals surface area contributed by atoms with Crippen LogP contribution in [0.4, 0.5) is 0 Å². The van der Waals surface area contributed by atoms with Crippen molar-refractivity contribution in [1.29, 1.82) is 0 Å². The second-order valence-corrected chi connectivity index (χ2v) is 4.66. The molecule has 1 aliphatic rings. The summed E-state index contributed by atoms with van der Waals surface area (Å²) in [4.78, 5) is 11.8. The third-order valence-corrected chi connectivity index (χ3v) is 3.76. The highest BCUT2D eigenvalue weighted by molar-refractivity contribution is 5.79. The highest BCUT2D eigenvalue weighted by Gasteiger charge is 2.61. The van der Waals surface area contributed by atoms with Gasteiger partial charge in [-0.05, 0) is 24.1 Å². The number of carbonyl (C=O) groups is 1. The predicted octanol–water partition coefficient (Wildman–Crippen LogP) is 2.42. The summed E-state index contributed by atoms with van der Waals surface area (Å²) in [6.45, 7) is 0. The van der Waals surface area contributed by atoms with Gasteiger partial charge in [-0.15, -0.1) is 0 Å². The minimum Gasteiger partial charge on any atom is -0.469 e. The molecule has 0 saturated heterocycles. The van der Waals surface area contributed by atoms with Crippen LogP contribution < -0.4 is 0 Å². The molecular formula is C15H15NO2. The maximum Gasteiger partial charge on any atom is 0.311 e. The van der Waals surface area contributed by atoms with E-state index in [2.05, 4.69) is 16.7 Å². The average Bonchev–Trinajstić information content (AvgIpc) is 2.95. The Labute approximate surface area is 106 Å². The van der Waals surface area contributed by atoms with E-state index in [1.165, 1.54) is 7.11 Å². The Balaban J connectivity index is 2.05. The van der Waals surface area contributed by atoms with E-state index in [1.54, 1.807) is 0 Å². The summed E-state index contributed by atoms with van der Waals surface area (Å²) in [6.07, 6.45) is 4.82. The number of esters is 1. The molecule has 0 N–H and O–H groups in total. The first-order valence-electron chi connectivity index (χ1n) is 6.06. The summed E-state index contributed by atoms with van der Waals surface area (Å²) < 4.78 is 7.01. The van der Waals surface area contributed by atoms with Crippen LogP contribution in [-0.4, -0.2) is 17.6 Å². The van der Waals surface area contributed by atoms with Gasteiger partial charge in [-0.25, -0.2) is 0 Å². The van der Waals surface area contributed by atoms with Gasteiger partial charge in [0.1, 0.15) is 0 Å². The Bertz CT molecular complexity index is 547. The van der Waals surface area contributed by atoms with Crippen LogP contribution >= 0.6 is 0 Å². The second-order valence-electron chi connectivity index (χ2n) is 4.66. The van der Waals surface area contributed by atoms with Gasteiger partial charge in [0.15, 0.2) is 0 Å². The maximum absolute atomic E-state index is 11.8. The van der Waals surface area contributed by atoms with E-state index in [0.717, 1.165) is 12.0 Å². The summed E-state index contributed by atoms with van der Waals surface area (Å²) in [7, 11) is 1.45. The number of carbonyl (C=O) groups excluding carboxylic acids is 1. The Morgan fingerprint density at radius 2 is 1.89 bits per heavy atom. The predicted molar refractivity (Wildman–Crippen MR) is 68.1 cm³/mol. The van der Waals surface area contributed by atoms with Gasteiger partial charge in [0, 0.05) is 12.4 Å². The van der Waals surface area contributed by atoms with Crippen molar-refractivity contribution in [2.24, 2.45) is 5.92 Å². The molecule has 0 radical (unpaired) electrons. The molecule has 1 heterocycles. The summed E-state index contributed by atoms with van der Waals surface area (Å²) >= 11 is 0. The molecule has 3 nitrogen and oxygen atoms in total. The van der Waals surface area contributed by atoms with Gasteiger partial charge in [-0.3, -0.25) is 4.79 Å². The maximum atomic E-state index is 11.8. The molecule has 3 heteroatoms. The fourth-order valence-corrected chi connectivity index (χ4v) is 2.75. The topological polar surface area (TPSA) is 31.2 Å². The summed E-state index contributed by atoms with van der Waals surface area (Å²) in [6, 6.07) is 14.1. The molecule has 1 saturated carbocycles. The van der Waals surface area contributed by atoms with E-state index in [4.69, 9.17) is 4.74 Å². The van der Waals surface area contributed by atoms with E-state index in [-0.39, 0.29) is 17.4 Å². The van der Waals surface area contributed by atoms with E-state index < -0.39 is 0 Å². The Morgan fingerprint density at radius 1 is 1.22 bits per heavy atom. The first-order valence-corrected chi connectivity index (χ1v) is 6.06. The fraction of sp³-hybridized carbons (Fsp3) is 0.267. The van der Waals surface area contributed by atoms with Gasteiger partial charge in [0.25, 0.3) is 0 Å². The molecule has 2 atom stereocenters. The second kappa shape index (κ2) is 4.02. The molecule has 0 amide bonds. The summed E-state index contributed by atoms with van der Waals surface area (Å²) in [5.74, 6) is -0.218. The van der Waals surface area contributed by atoms with Crippen LogP contribution in [0, 0.1) is 5.92 Å². The zero-order chi connectivity index (χ0) is 12.6. The highest BCUT2D eigenvalue weighted by atomic mass is 16.5. The molecule has 1 fully saturated rings. The van der Waals surface area contributed by atoms with Crippen molar-refractivity contribution in [1.82, 2.24) is 4.57 Å². The van der Waals surface area contributed by atoms with Gasteiger partial charge in [0.2, 0.25) is 0 Å². The van der Waals surface area contributed by atoms with Crippen molar-refractivity contribution in [3.05, 3.63) is 60.4 Å². The summed E-state index contributed by atoms with van der Waals surface area (Å²) in [5.41, 5.74) is 0.911. The van der Waals surface area contributed by atoms with E-state index in [1.807, 2.05) is 42.7 Å². The number of benzene rings is 1. The van der Waals surface area contributed by atoms with Crippen LogP contribution in [0.3, 0.4) is 0 Å². The lowest BCUT2D eigenvalue weighted by Gasteiger charge is -2.20. The van der Waals surface area contributed by atoms with Gasteiger partial charge < -0.3 is 9.30 Å². The third-order valence-electron chi connectivity index (χ3n) is 3.76. The van der Waals surface area contributed by atoms with Crippen molar-refractivity contribution >= 4 is 5.97 Å². The molecule has 1 aromatic carbocycles. The normalized spacial score (nSPS) is 25.7. The molecule has 92 valence electrons. The standard InChI is InChI=1S/C15H15NO2/c1-18-14(17)13-11-15(13,16-9-5-6-10-16)12-7-3-2-4-8-12/h2-10,13H,11H2,1H3. The van der Waals surface area contributed by atoms with Crippen molar-refractivity contribution in [2.45, 2.75) is 12.0 Å². The SMILES string of the molecule is COC(=O)C1CC1(c1ccccc1)n1cccc1. The molecule has 0 bridgehead atoms. The van der Waals surface area contributed by atoms with E-state index in [9.17, 15) is 4.79 Å². The largest absolute Gasteiger partial charge is 0.469 e. The van der Waals surface area contributed by atoms with Crippen LogP contribution in [0.25, 0.3) is 0 Å². The van der Waals surface area contributed by atoms with Crippen LogP contribution in [0.5, 0.6) is 0 Å². The van der Waals surface area contributed by atoms with Crippen molar-refractivity contribution in [2.75, 3.05) is 7.11 Å². The number of hydrogen-bond donors (Lipinski definition) is 0. The first kappa shape index (κ1) is 11.1. The Morgan fingerprint density at radius 3 is 2.50 bits per heavy atom. The molecule has 2 aromatic rings. The third kappa shape index (κ3) is 1.47. The quantitative estimate of drug-likeness (QED) is 0.773. The molecule has 1 aliphatic carbocycles. The zero-order valence-electron chi connectivity index (χ0n) is 10.2. The van der Waals surface area contributed by atoms with Crippen molar-refractivity contribution in [3.63, 3.8) is 0 Å². The monoisotopic (exact) mass is 241 g/mol. The minimum absolute atomic E-state index is 0.0858. The van der Waals surface area contributed by atoms with Crippen LogP contribution in [0.15, 0.2) is 54.9 Å².